The van der Waals surface area contributed by atoms with Crippen LogP contribution in [0.15, 0.2) is 51.9 Å². The molecule has 0 spiro atoms. The topological polar surface area (TPSA) is 72.6 Å². The van der Waals surface area contributed by atoms with E-state index in [0.29, 0.717) is 17.0 Å². The number of hydrogen-bond donors (Lipinski definition) is 0. The van der Waals surface area contributed by atoms with E-state index in [1.165, 1.54) is 18.5 Å². The van der Waals surface area contributed by atoms with Crippen LogP contribution in [0, 0.1) is 20.8 Å². The second-order valence-corrected chi connectivity index (χ2v) is 8.34. The van der Waals surface area contributed by atoms with E-state index < -0.39 is 10.0 Å². The zero-order valence-electron chi connectivity index (χ0n) is 16.0. The maximum Gasteiger partial charge on any atom is 0.267 e. The molecule has 2 aromatic carbocycles. The Labute approximate surface area is 159 Å². The summed E-state index contributed by atoms with van der Waals surface area (Å²) in [5.41, 5.74) is 3.82. The van der Waals surface area contributed by atoms with Gasteiger partial charge in [-0.25, -0.2) is 8.42 Å². The van der Waals surface area contributed by atoms with Crippen molar-refractivity contribution in [3.63, 3.8) is 0 Å². The summed E-state index contributed by atoms with van der Waals surface area (Å²) >= 11 is 0. The van der Waals surface area contributed by atoms with Crippen molar-refractivity contribution in [1.29, 1.82) is 0 Å². The van der Waals surface area contributed by atoms with Gasteiger partial charge in [-0.15, -0.1) is 0 Å². The van der Waals surface area contributed by atoms with E-state index in [0.717, 1.165) is 16.8 Å². The van der Waals surface area contributed by atoms with Crippen molar-refractivity contribution in [2.75, 3.05) is 18.5 Å². The third kappa shape index (κ3) is 3.42. The first kappa shape index (κ1) is 19.0. The summed E-state index contributed by atoms with van der Waals surface area (Å²) in [4.78, 5) is 0.0694. The Kier molecular flexibility index (Phi) is 4.97. The minimum Gasteiger partial charge on any atom is -0.495 e. The Bertz CT molecular complexity index is 1090. The Morgan fingerprint density at radius 3 is 2.41 bits per heavy atom. The highest BCUT2D eigenvalue weighted by Crippen LogP contribution is 2.34. The van der Waals surface area contributed by atoms with E-state index in [2.05, 4.69) is 5.16 Å². The van der Waals surface area contributed by atoms with Gasteiger partial charge in [0.1, 0.15) is 10.6 Å². The standard InChI is InChI=1S/C20H22N2O4S/c1-13-7-6-8-17(11-13)22(4)27(23,24)19-12-16(9-10-18(19)25-5)20-14(2)15(3)21-26-20/h6-12H,1-5H3. The molecule has 1 heterocycles. The first-order valence-corrected chi connectivity index (χ1v) is 9.86. The van der Waals surface area contributed by atoms with Crippen LogP contribution in [0.4, 0.5) is 5.69 Å². The second kappa shape index (κ2) is 7.08. The molecule has 0 aliphatic heterocycles. The molecule has 3 rings (SSSR count). The van der Waals surface area contributed by atoms with Gasteiger partial charge in [0, 0.05) is 18.2 Å². The summed E-state index contributed by atoms with van der Waals surface area (Å²) in [5, 5.41) is 3.95. The van der Waals surface area contributed by atoms with Crippen LogP contribution in [0.2, 0.25) is 0 Å². The number of aromatic nitrogens is 1. The molecule has 6 nitrogen and oxygen atoms in total. The first-order valence-electron chi connectivity index (χ1n) is 8.42. The van der Waals surface area contributed by atoms with Crippen LogP contribution < -0.4 is 9.04 Å². The van der Waals surface area contributed by atoms with Gasteiger partial charge in [0.05, 0.1) is 18.5 Å². The zero-order valence-corrected chi connectivity index (χ0v) is 16.8. The van der Waals surface area contributed by atoms with E-state index in [9.17, 15) is 8.42 Å². The van der Waals surface area contributed by atoms with E-state index in [4.69, 9.17) is 9.26 Å². The first-order chi connectivity index (χ1) is 12.8. The third-order valence-corrected chi connectivity index (χ3v) is 6.39. The molecule has 0 atom stereocenters. The van der Waals surface area contributed by atoms with Crippen LogP contribution >= 0.6 is 0 Å². The van der Waals surface area contributed by atoms with E-state index in [1.807, 2.05) is 39.0 Å². The lowest BCUT2D eigenvalue weighted by Gasteiger charge is -2.21. The number of sulfonamides is 1. The molecule has 0 unspecified atom stereocenters. The lowest BCUT2D eigenvalue weighted by atomic mass is 10.1. The molecule has 0 bridgehead atoms. The van der Waals surface area contributed by atoms with Crippen molar-refractivity contribution in [1.82, 2.24) is 5.16 Å². The fourth-order valence-corrected chi connectivity index (χ4v) is 4.18. The molecule has 0 saturated carbocycles. The highest BCUT2D eigenvalue weighted by molar-refractivity contribution is 7.93. The number of hydrogen-bond acceptors (Lipinski definition) is 5. The molecular formula is C20H22N2O4S. The molecule has 27 heavy (non-hydrogen) atoms. The van der Waals surface area contributed by atoms with Gasteiger partial charge in [-0.3, -0.25) is 4.31 Å². The molecule has 7 heteroatoms. The highest BCUT2D eigenvalue weighted by atomic mass is 32.2. The normalized spacial score (nSPS) is 11.4. The van der Waals surface area contributed by atoms with Gasteiger partial charge in [0.15, 0.2) is 5.76 Å². The number of aryl methyl sites for hydroxylation is 2. The Balaban J connectivity index is 2.13. The molecular weight excluding hydrogens is 364 g/mol. The zero-order chi connectivity index (χ0) is 19.8. The summed E-state index contributed by atoms with van der Waals surface area (Å²) in [7, 11) is -0.865. The fraction of sp³-hybridized carbons (Fsp3) is 0.250. The number of benzene rings is 2. The summed E-state index contributed by atoms with van der Waals surface area (Å²) < 4.78 is 38.5. The van der Waals surface area contributed by atoms with Crippen LogP contribution in [0.25, 0.3) is 11.3 Å². The van der Waals surface area contributed by atoms with Gasteiger partial charge < -0.3 is 9.26 Å². The lowest BCUT2D eigenvalue weighted by molar-refractivity contribution is 0.402. The molecule has 0 radical (unpaired) electrons. The van der Waals surface area contributed by atoms with E-state index in [-0.39, 0.29) is 10.6 Å². The van der Waals surface area contributed by atoms with Gasteiger partial charge >= 0.3 is 0 Å². The Morgan fingerprint density at radius 1 is 1.07 bits per heavy atom. The molecule has 1 aromatic heterocycles. The van der Waals surface area contributed by atoms with Crippen molar-refractivity contribution in [3.8, 4) is 17.1 Å². The minimum atomic E-state index is -3.84. The van der Waals surface area contributed by atoms with E-state index >= 15 is 0 Å². The second-order valence-electron chi connectivity index (χ2n) is 6.40. The highest BCUT2D eigenvalue weighted by Gasteiger charge is 2.27. The molecule has 0 N–H and O–H groups in total. The molecule has 3 aromatic rings. The largest absolute Gasteiger partial charge is 0.495 e. The van der Waals surface area contributed by atoms with E-state index in [1.54, 1.807) is 24.3 Å². The van der Waals surface area contributed by atoms with Crippen LogP contribution in [0.5, 0.6) is 5.75 Å². The molecule has 0 saturated heterocycles. The van der Waals surface area contributed by atoms with Gasteiger partial charge in [-0.2, -0.15) is 0 Å². The Hall–Kier alpha value is -2.80. The average molecular weight is 386 g/mol. The lowest BCUT2D eigenvalue weighted by Crippen LogP contribution is -2.27. The number of nitrogens with zero attached hydrogens (tertiary/aromatic N) is 2. The average Bonchev–Trinajstić information content (AvgIpc) is 2.99. The number of rotatable bonds is 5. The third-order valence-electron chi connectivity index (χ3n) is 4.59. The number of methoxy groups -OCH3 is 1. The molecule has 142 valence electrons. The quantitative estimate of drug-likeness (QED) is 0.660. The van der Waals surface area contributed by atoms with Crippen LogP contribution in [-0.2, 0) is 10.0 Å². The van der Waals surface area contributed by atoms with Crippen molar-refractivity contribution in [2.45, 2.75) is 25.7 Å². The smallest absolute Gasteiger partial charge is 0.267 e. The summed E-state index contributed by atoms with van der Waals surface area (Å²) in [6.07, 6.45) is 0. The number of anilines is 1. The minimum absolute atomic E-state index is 0.0694. The maximum absolute atomic E-state index is 13.3. The maximum atomic E-state index is 13.3. The van der Waals surface area contributed by atoms with Gasteiger partial charge in [0.25, 0.3) is 10.0 Å². The summed E-state index contributed by atoms with van der Waals surface area (Å²) in [6.45, 7) is 5.65. The molecule has 0 aliphatic rings. The van der Waals surface area contributed by atoms with Crippen molar-refractivity contribution < 1.29 is 17.7 Å². The van der Waals surface area contributed by atoms with Gasteiger partial charge in [-0.1, -0.05) is 17.3 Å². The van der Waals surface area contributed by atoms with Crippen molar-refractivity contribution in [3.05, 3.63) is 59.3 Å². The number of ether oxygens (including phenoxy) is 1. The summed E-state index contributed by atoms with van der Waals surface area (Å²) in [6, 6.07) is 12.3. The monoisotopic (exact) mass is 386 g/mol. The van der Waals surface area contributed by atoms with Crippen LogP contribution in [0.1, 0.15) is 16.8 Å². The van der Waals surface area contributed by atoms with Crippen molar-refractivity contribution >= 4 is 15.7 Å². The fourth-order valence-electron chi connectivity index (χ4n) is 2.81. The van der Waals surface area contributed by atoms with Gasteiger partial charge in [0.2, 0.25) is 0 Å². The van der Waals surface area contributed by atoms with Crippen LogP contribution in [0.3, 0.4) is 0 Å². The van der Waals surface area contributed by atoms with Crippen molar-refractivity contribution in [2.24, 2.45) is 0 Å². The molecule has 0 fully saturated rings. The Morgan fingerprint density at radius 2 is 1.81 bits per heavy atom. The van der Waals surface area contributed by atoms with Gasteiger partial charge in [-0.05, 0) is 56.7 Å². The predicted octanol–water partition coefficient (Wildman–Crippen LogP) is 4.10. The predicted molar refractivity (Wildman–Crippen MR) is 105 cm³/mol. The molecule has 0 amide bonds. The SMILES string of the molecule is COc1ccc(-c2onc(C)c2C)cc1S(=O)(=O)N(C)c1cccc(C)c1. The summed E-state index contributed by atoms with van der Waals surface area (Å²) in [5.74, 6) is 0.817. The van der Waals surface area contributed by atoms with Crippen LogP contribution in [-0.4, -0.2) is 27.7 Å². The molecule has 0 aliphatic carbocycles.